The summed E-state index contributed by atoms with van der Waals surface area (Å²) >= 11 is 10.6. The second-order valence-corrected chi connectivity index (χ2v) is 10.8. The van der Waals surface area contributed by atoms with E-state index in [9.17, 15) is 13.2 Å². The van der Waals surface area contributed by atoms with Crippen molar-refractivity contribution < 1.29 is 13.2 Å². The molecule has 0 saturated carbocycles. The molecule has 3 rings (SSSR count). The van der Waals surface area contributed by atoms with Crippen LogP contribution < -0.4 is 10.0 Å². The minimum absolute atomic E-state index is 0.104. The molecule has 0 radical (unpaired) electrons. The second kappa shape index (κ2) is 9.87. The molecule has 2 N–H and O–H groups in total. The van der Waals surface area contributed by atoms with Gasteiger partial charge in [-0.3, -0.25) is 9.52 Å². The molecule has 9 heteroatoms. The number of nitrogens with one attached hydrogen (secondary N) is 2. The molecule has 0 aromatic heterocycles. The first-order valence-electron chi connectivity index (χ1n) is 8.84. The molecular formula is C21H18BrClN2O3S2. The number of carbonyl (C=O) groups is 1. The summed E-state index contributed by atoms with van der Waals surface area (Å²) in [6.45, 7) is 1.80. The molecule has 0 aliphatic rings. The Hall–Kier alpha value is -2.00. The number of rotatable bonds is 7. The number of amides is 1. The van der Waals surface area contributed by atoms with Gasteiger partial charge in [0.05, 0.1) is 10.1 Å². The Balaban J connectivity index is 1.62. The normalized spacial score (nSPS) is 12.2. The highest BCUT2D eigenvalue weighted by atomic mass is 79.9. The van der Waals surface area contributed by atoms with Gasteiger partial charge in [-0.25, -0.2) is 8.42 Å². The first-order valence-corrected chi connectivity index (χ1v) is 12.4. The molecule has 1 amide bonds. The minimum Gasteiger partial charge on any atom is -0.325 e. The van der Waals surface area contributed by atoms with Crippen LogP contribution in [0.4, 0.5) is 11.4 Å². The number of anilines is 2. The van der Waals surface area contributed by atoms with Gasteiger partial charge in [0.2, 0.25) is 5.91 Å². The topological polar surface area (TPSA) is 75.3 Å². The molecule has 5 nitrogen and oxygen atoms in total. The summed E-state index contributed by atoms with van der Waals surface area (Å²) in [6.07, 6.45) is 0. The predicted molar refractivity (Wildman–Crippen MR) is 127 cm³/mol. The first-order chi connectivity index (χ1) is 14.2. The molecule has 3 aromatic carbocycles. The van der Waals surface area contributed by atoms with E-state index < -0.39 is 10.0 Å². The van der Waals surface area contributed by atoms with Gasteiger partial charge in [-0.2, -0.15) is 0 Å². The lowest BCUT2D eigenvalue weighted by atomic mass is 10.3. The summed E-state index contributed by atoms with van der Waals surface area (Å²) in [6, 6.07) is 20.1. The number of hydrogen-bond donors (Lipinski definition) is 2. The Kier molecular flexibility index (Phi) is 7.46. The lowest BCUT2D eigenvalue weighted by Gasteiger charge is -2.13. The van der Waals surface area contributed by atoms with Gasteiger partial charge in [0, 0.05) is 25.8 Å². The van der Waals surface area contributed by atoms with Crippen LogP contribution >= 0.6 is 39.3 Å². The Morgan fingerprint density at radius 1 is 0.933 bits per heavy atom. The van der Waals surface area contributed by atoms with Gasteiger partial charge in [0.1, 0.15) is 0 Å². The summed E-state index contributed by atoms with van der Waals surface area (Å²) in [5.74, 6) is -0.182. The van der Waals surface area contributed by atoms with Crippen molar-refractivity contribution in [1.29, 1.82) is 0 Å². The lowest BCUT2D eigenvalue weighted by molar-refractivity contribution is -0.115. The minimum atomic E-state index is -3.72. The maximum absolute atomic E-state index is 12.5. The molecule has 0 bridgehead atoms. The number of hydrogen-bond acceptors (Lipinski definition) is 4. The van der Waals surface area contributed by atoms with E-state index in [2.05, 4.69) is 26.0 Å². The molecule has 1 unspecified atom stereocenters. The van der Waals surface area contributed by atoms with Gasteiger partial charge in [-0.05, 0) is 79.7 Å². The smallest absolute Gasteiger partial charge is 0.261 e. The maximum Gasteiger partial charge on any atom is 0.261 e. The Labute approximate surface area is 193 Å². The van der Waals surface area contributed by atoms with E-state index in [4.69, 9.17) is 11.6 Å². The molecule has 156 valence electrons. The van der Waals surface area contributed by atoms with Crippen molar-refractivity contribution in [2.24, 2.45) is 0 Å². The molecular weight excluding hydrogens is 508 g/mol. The average molecular weight is 526 g/mol. The number of sulfonamides is 1. The van der Waals surface area contributed by atoms with Crippen molar-refractivity contribution in [1.82, 2.24) is 0 Å². The molecule has 3 aromatic rings. The van der Waals surface area contributed by atoms with Gasteiger partial charge in [0.15, 0.2) is 0 Å². The van der Waals surface area contributed by atoms with E-state index in [1.165, 1.54) is 23.9 Å². The predicted octanol–water partition coefficient (Wildman–Crippen LogP) is 6.02. The third kappa shape index (κ3) is 6.25. The first kappa shape index (κ1) is 22.7. The SMILES string of the molecule is CC(Sc1ccc(Cl)cc1)C(=O)Nc1ccc(S(=O)(=O)Nc2ccc(Br)cc2)cc1. The molecule has 0 saturated heterocycles. The number of halogens is 2. The second-order valence-electron chi connectivity index (χ2n) is 6.34. The molecule has 0 spiro atoms. The van der Waals surface area contributed by atoms with Crippen molar-refractivity contribution in [2.75, 3.05) is 10.0 Å². The van der Waals surface area contributed by atoms with Crippen molar-refractivity contribution in [3.8, 4) is 0 Å². The van der Waals surface area contributed by atoms with Crippen molar-refractivity contribution in [2.45, 2.75) is 22.0 Å². The van der Waals surface area contributed by atoms with Gasteiger partial charge in [0.25, 0.3) is 10.0 Å². The van der Waals surface area contributed by atoms with Crippen LogP contribution in [0.1, 0.15) is 6.92 Å². The largest absolute Gasteiger partial charge is 0.325 e. The van der Waals surface area contributed by atoms with Crippen LogP contribution in [-0.4, -0.2) is 19.6 Å². The molecule has 0 fully saturated rings. The molecule has 30 heavy (non-hydrogen) atoms. The fourth-order valence-electron chi connectivity index (χ4n) is 2.46. The number of carbonyl (C=O) groups excluding carboxylic acids is 1. The third-order valence-electron chi connectivity index (χ3n) is 4.02. The van der Waals surface area contributed by atoms with E-state index >= 15 is 0 Å². The Morgan fingerprint density at radius 2 is 1.50 bits per heavy atom. The van der Waals surface area contributed by atoms with E-state index in [-0.39, 0.29) is 16.1 Å². The molecule has 0 aliphatic heterocycles. The number of thioether (sulfide) groups is 1. The summed E-state index contributed by atoms with van der Waals surface area (Å²) in [4.78, 5) is 13.5. The van der Waals surface area contributed by atoms with Crippen molar-refractivity contribution in [3.05, 3.63) is 82.3 Å². The third-order valence-corrected chi connectivity index (χ3v) is 7.31. The van der Waals surface area contributed by atoms with E-state index in [1.54, 1.807) is 55.5 Å². The van der Waals surface area contributed by atoms with Gasteiger partial charge in [-0.1, -0.05) is 27.5 Å². The fourth-order valence-corrected chi connectivity index (χ4v) is 4.78. The molecule has 0 aliphatic carbocycles. The standard InChI is InChI=1S/C21H18BrClN2O3S2/c1-14(29-19-10-4-16(23)5-11-19)21(26)24-17-8-12-20(13-9-17)30(27,28)25-18-6-2-15(22)3-7-18/h2-14,25H,1H3,(H,24,26). The van der Waals surface area contributed by atoms with Gasteiger partial charge < -0.3 is 5.32 Å². The zero-order valence-corrected chi connectivity index (χ0v) is 19.8. The molecule has 0 heterocycles. The summed E-state index contributed by atoms with van der Waals surface area (Å²) in [5.41, 5.74) is 0.981. The highest BCUT2D eigenvalue weighted by Gasteiger charge is 2.17. The fraction of sp³-hybridized carbons (Fsp3) is 0.0952. The van der Waals surface area contributed by atoms with Crippen molar-refractivity contribution >= 4 is 66.6 Å². The Bertz CT molecular complexity index is 1120. The number of benzene rings is 3. The van der Waals surface area contributed by atoms with Crippen LogP contribution in [0.3, 0.4) is 0 Å². The highest BCUT2D eigenvalue weighted by molar-refractivity contribution is 9.10. The van der Waals surface area contributed by atoms with E-state index in [0.29, 0.717) is 16.4 Å². The molecule has 1 atom stereocenters. The van der Waals surface area contributed by atoms with Crippen molar-refractivity contribution in [3.63, 3.8) is 0 Å². The van der Waals surface area contributed by atoms with E-state index in [0.717, 1.165) is 9.37 Å². The summed E-state index contributed by atoms with van der Waals surface area (Å²) in [7, 11) is -3.72. The summed E-state index contributed by atoms with van der Waals surface area (Å²) < 4.78 is 28.4. The van der Waals surface area contributed by atoms with Crippen LogP contribution in [0, 0.1) is 0 Å². The van der Waals surface area contributed by atoms with Gasteiger partial charge >= 0.3 is 0 Å². The van der Waals surface area contributed by atoms with E-state index in [1.807, 2.05) is 12.1 Å². The quantitative estimate of drug-likeness (QED) is 0.370. The zero-order chi connectivity index (χ0) is 21.7. The summed E-state index contributed by atoms with van der Waals surface area (Å²) in [5, 5.41) is 3.10. The Morgan fingerprint density at radius 3 is 2.10 bits per heavy atom. The van der Waals surface area contributed by atoms with Crippen LogP contribution in [0.15, 0.2) is 87.1 Å². The van der Waals surface area contributed by atoms with Crippen LogP contribution in [0.5, 0.6) is 0 Å². The lowest BCUT2D eigenvalue weighted by Crippen LogP contribution is -2.22. The zero-order valence-electron chi connectivity index (χ0n) is 15.8. The maximum atomic E-state index is 12.5. The average Bonchev–Trinajstić information content (AvgIpc) is 2.71. The highest BCUT2D eigenvalue weighted by Crippen LogP contribution is 2.26. The monoisotopic (exact) mass is 524 g/mol. The van der Waals surface area contributed by atoms with Crippen LogP contribution in [-0.2, 0) is 14.8 Å². The van der Waals surface area contributed by atoms with Crippen LogP contribution in [0.2, 0.25) is 5.02 Å². The van der Waals surface area contributed by atoms with Gasteiger partial charge in [-0.15, -0.1) is 11.8 Å². The van der Waals surface area contributed by atoms with Crippen LogP contribution in [0.25, 0.3) is 0 Å².